The normalized spacial score (nSPS) is 10.8. The Bertz CT molecular complexity index is 255. The van der Waals surface area contributed by atoms with Gasteiger partial charge in [0.25, 0.3) is 0 Å². The van der Waals surface area contributed by atoms with E-state index in [4.69, 9.17) is 0 Å². The Labute approximate surface area is 52.6 Å². The minimum absolute atomic E-state index is 1.09. The lowest BCUT2D eigenvalue weighted by Gasteiger charge is -1.83. The van der Waals surface area contributed by atoms with E-state index in [0.717, 1.165) is 11.3 Å². The fourth-order valence-electron chi connectivity index (χ4n) is 0.963. The molecule has 0 aromatic rings. The Morgan fingerprint density at radius 2 is 2.44 bits per heavy atom. The molecule has 0 saturated heterocycles. The number of H-pyrrole nitrogens is 1. The van der Waals surface area contributed by atoms with Crippen molar-refractivity contribution in [1.82, 2.24) is 14.8 Å². The molecule has 2 heterocycles. The number of nitrogens with one attached hydrogen (secondary N) is 1. The third-order valence-electron chi connectivity index (χ3n) is 1.36. The van der Waals surface area contributed by atoms with Crippen LogP contribution in [0.4, 0.5) is 0 Å². The number of aromatic amines is 1. The van der Waals surface area contributed by atoms with Gasteiger partial charge in [-0.3, -0.25) is 14.8 Å². The molecule has 2 rings (SSSR count). The monoisotopic (exact) mass is 121 g/mol. The molecule has 0 radical (unpaired) electrons. The fourth-order valence-corrected chi connectivity index (χ4v) is 0.963. The zero-order valence-corrected chi connectivity index (χ0v) is 5.13. The Balaban J connectivity index is 2.76. The van der Waals surface area contributed by atoms with Gasteiger partial charge in [0, 0.05) is 25.0 Å². The van der Waals surface area contributed by atoms with Gasteiger partial charge in [-0.25, -0.2) is 0 Å². The van der Waals surface area contributed by atoms with Crippen molar-refractivity contribution < 1.29 is 0 Å². The van der Waals surface area contributed by atoms with Crippen LogP contribution in [0.25, 0.3) is 11.3 Å². The fraction of sp³-hybridized carbons (Fsp3) is 0.167. The van der Waals surface area contributed by atoms with Gasteiger partial charge >= 0.3 is 0 Å². The van der Waals surface area contributed by atoms with E-state index >= 15 is 0 Å². The van der Waals surface area contributed by atoms with Crippen LogP contribution in [-0.4, -0.2) is 14.8 Å². The summed E-state index contributed by atoms with van der Waals surface area (Å²) < 4.78 is 1.91. The molecule has 0 amide bonds. The molecule has 0 aromatic heterocycles. The van der Waals surface area contributed by atoms with Gasteiger partial charge in [-0.15, -0.1) is 0 Å². The third kappa shape index (κ3) is 0.543. The van der Waals surface area contributed by atoms with Crippen molar-refractivity contribution in [1.29, 1.82) is 0 Å². The van der Waals surface area contributed by atoms with Gasteiger partial charge in [-0.05, 0) is 0 Å². The van der Waals surface area contributed by atoms with Gasteiger partial charge in [-0.2, -0.15) is 0 Å². The van der Waals surface area contributed by atoms with Crippen molar-refractivity contribution in [2.24, 2.45) is 7.05 Å². The summed E-state index contributed by atoms with van der Waals surface area (Å²) in [6, 6.07) is 0. The van der Waals surface area contributed by atoms with Crippen LogP contribution in [0, 0.1) is 0 Å². The molecule has 46 valence electrons. The predicted octanol–water partition coefficient (Wildman–Crippen LogP) is 0.853. The van der Waals surface area contributed by atoms with Gasteiger partial charge in [0.2, 0.25) is 0 Å². The molecule has 0 aliphatic carbocycles. The van der Waals surface area contributed by atoms with Crippen LogP contribution in [0.3, 0.4) is 0 Å². The van der Waals surface area contributed by atoms with Gasteiger partial charge in [-0.1, -0.05) is 0 Å². The standard InChI is InChI=1S/C6H7N3/c1-9-4-5-2-7-3-6(5)8-9/h2-4,8H,1H3. The smallest absolute Gasteiger partial charge is 0.0827 e. The maximum atomic E-state index is 3.96. The number of aryl methyl sites for hydroxylation is 1. The molecule has 0 unspecified atom stereocenters. The molecule has 2 aliphatic heterocycles. The quantitative estimate of drug-likeness (QED) is 0.550. The van der Waals surface area contributed by atoms with Crippen molar-refractivity contribution in [2.75, 3.05) is 0 Å². The number of hydrogen-bond donors (Lipinski definition) is 1. The topological polar surface area (TPSA) is 33.6 Å². The van der Waals surface area contributed by atoms with E-state index in [-0.39, 0.29) is 0 Å². The SMILES string of the molecule is Cn1cc2cncc-2[nH]1. The van der Waals surface area contributed by atoms with Crippen LogP contribution in [0.15, 0.2) is 18.6 Å². The van der Waals surface area contributed by atoms with Crippen molar-refractivity contribution in [2.45, 2.75) is 0 Å². The first-order chi connectivity index (χ1) is 4.36. The second kappa shape index (κ2) is 1.37. The zero-order chi connectivity index (χ0) is 6.27. The highest BCUT2D eigenvalue weighted by atomic mass is 15.3. The molecule has 0 atom stereocenters. The first-order valence-electron chi connectivity index (χ1n) is 2.81. The lowest BCUT2D eigenvalue weighted by Crippen LogP contribution is -1.84. The summed E-state index contributed by atoms with van der Waals surface area (Å²) in [6.07, 6.45) is 5.66. The summed E-state index contributed by atoms with van der Waals surface area (Å²) in [5, 5.41) is 3.09. The Kier molecular flexibility index (Phi) is 0.704. The Morgan fingerprint density at radius 3 is 3.22 bits per heavy atom. The van der Waals surface area contributed by atoms with Crippen LogP contribution in [0.2, 0.25) is 0 Å². The molecule has 1 N–H and O–H groups in total. The largest absolute Gasteiger partial charge is 0.297 e. The van der Waals surface area contributed by atoms with E-state index in [0.29, 0.717) is 0 Å². The van der Waals surface area contributed by atoms with Crippen LogP contribution in [0.5, 0.6) is 0 Å². The minimum atomic E-state index is 1.09. The lowest BCUT2D eigenvalue weighted by molar-refractivity contribution is 0.773. The van der Waals surface area contributed by atoms with E-state index in [2.05, 4.69) is 10.1 Å². The molecule has 9 heavy (non-hydrogen) atoms. The number of aromatic nitrogens is 3. The highest BCUT2D eigenvalue weighted by molar-refractivity contribution is 5.57. The maximum Gasteiger partial charge on any atom is 0.0827 e. The third-order valence-corrected chi connectivity index (χ3v) is 1.36. The molecule has 0 fully saturated rings. The summed E-state index contributed by atoms with van der Waals surface area (Å²) in [6.45, 7) is 0. The Hall–Kier alpha value is -1.25. The summed E-state index contributed by atoms with van der Waals surface area (Å²) >= 11 is 0. The van der Waals surface area contributed by atoms with Gasteiger partial charge in [0.1, 0.15) is 0 Å². The predicted molar refractivity (Wildman–Crippen MR) is 34.2 cm³/mol. The molecule has 0 spiro atoms. The molecular weight excluding hydrogens is 114 g/mol. The summed E-state index contributed by atoms with van der Waals surface area (Å²) in [5.41, 5.74) is 2.26. The molecule has 0 bridgehead atoms. The van der Waals surface area contributed by atoms with Crippen molar-refractivity contribution in [3.63, 3.8) is 0 Å². The molecule has 0 aromatic carbocycles. The molecular formula is C6H7N3. The average Bonchev–Trinajstić information content (AvgIpc) is 2.22. The van der Waals surface area contributed by atoms with E-state index in [1.807, 2.05) is 30.3 Å². The summed E-state index contributed by atoms with van der Waals surface area (Å²) in [5.74, 6) is 0. The highest BCUT2D eigenvalue weighted by Crippen LogP contribution is 2.16. The summed E-state index contributed by atoms with van der Waals surface area (Å²) in [4.78, 5) is 3.96. The van der Waals surface area contributed by atoms with Crippen molar-refractivity contribution in [3.8, 4) is 11.3 Å². The number of hydrogen-bond acceptors (Lipinski definition) is 1. The van der Waals surface area contributed by atoms with E-state index < -0.39 is 0 Å². The van der Waals surface area contributed by atoms with Gasteiger partial charge in [0.15, 0.2) is 0 Å². The molecule has 2 aliphatic rings. The van der Waals surface area contributed by atoms with E-state index in [1.54, 1.807) is 0 Å². The first-order valence-corrected chi connectivity index (χ1v) is 2.81. The summed E-state index contributed by atoms with van der Waals surface area (Å²) in [7, 11) is 1.96. The van der Waals surface area contributed by atoms with Crippen LogP contribution in [-0.2, 0) is 7.05 Å². The molecule has 3 heteroatoms. The van der Waals surface area contributed by atoms with Gasteiger partial charge < -0.3 is 0 Å². The van der Waals surface area contributed by atoms with E-state index in [9.17, 15) is 0 Å². The van der Waals surface area contributed by atoms with E-state index in [1.165, 1.54) is 0 Å². The van der Waals surface area contributed by atoms with Crippen LogP contribution < -0.4 is 0 Å². The van der Waals surface area contributed by atoms with Crippen LogP contribution >= 0.6 is 0 Å². The molecule has 3 nitrogen and oxygen atoms in total. The number of rotatable bonds is 0. The minimum Gasteiger partial charge on any atom is -0.297 e. The second-order valence-electron chi connectivity index (χ2n) is 2.13. The van der Waals surface area contributed by atoms with Gasteiger partial charge in [0.05, 0.1) is 11.9 Å². The van der Waals surface area contributed by atoms with Crippen LogP contribution in [0.1, 0.15) is 0 Å². The first kappa shape index (κ1) is 4.61. The average molecular weight is 121 g/mol. The zero-order valence-electron chi connectivity index (χ0n) is 5.13. The second-order valence-corrected chi connectivity index (χ2v) is 2.13. The number of nitrogens with zero attached hydrogens (tertiary/aromatic N) is 2. The Morgan fingerprint density at radius 1 is 1.56 bits per heavy atom. The maximum absolute atomic E-state index is 3.96. The van der Waals surface area contributed by atoms with Crippen molar-refractivity contribution >= 4 is 0 Å². The lowest BCUT2D eigenvalue weighted by atomic mass is 10.3. The molecule has 0 saturated carbocycles. The van der Waals surface area contributed by atoms with Crippen molar-refractivity contribution in [3.05, 3.63) is 18.6 Å². The number of fused-ring (bicyclic) bond motifs is 1. The highest BCUT2D eigenvalue weighted by Gasteiger charge is 2.02.